The van der Waals surface area contributed by atoms with Crippen molar-refractivity contribution in [1.82, 2.24) is 10.6 Å². The Hall–Kier alpha value is -0.0800. The lowest BCUT2D eigenvalue weighted by Crippen LogP contribution is -2.55. The van der Waals surface area contributed by atoms with Crippen molar-refractivity contribution in [3.05, 3.63) is 0 Å². The predicted molar refractivity (Wildman–Crippen MR) is 97.4 cm³/mol. The molecule has 6 aliphatic rings. The summed E-state index contributed by atoms with van der Waals surface area (Å²) in [4.78, 5) is 0. The van der Waals surface area contributed by atoms with Crippen LogP contribution in [0.5, 0.6) is 0 Å². The monoisotopic (exact) mass is 318 g/mol. The van der Waals surface area contributed by atoms with Crippen LogP contribution in [0.15, 0.2) is 0 Å². The molecule has 2 nitrogen and oxygen atoms in total. The zero-order chi connectivity index (χ0) is 16.2. The summed E-state index contributed by atoms with van der Waals surface area (Å²) in [5.74, 6) is 4.97. The standard InChI is InChI=1S/C21H38N2/c1-20(2)15-7-14(8-16(20)9-15)13-22-5-6-23-19-11-17-10-18(12-19)21(17,3)4/h14-19,22-23H,5-13H2,1-4H3/t14?,15-,16+,17-,18+,19?. The van der Waals surface area contributed by atoms with Gasteiger partial charge in [-0.2, -0.15) is 0 Å². The lowest BCUT2D eigenvalue weighted by molar-refractivity contribution is -0.0891. The highest BCUT2D eigenvalue weighted by Gasteiger charge is 2.53. The first-order valence-electron chi connectivity index (χ1n) is 10.3. The van der Waals surface area contributed by atoms with E-state index in [0.29, 0.717) is 10.8 Å². The molecular formula is C21H38N2. The van der Waals surface area contributed by atoms with Crippen LogP contribution in [0.4, 0.5) is 0 Å². The van der Waals surface area contributed by atoms with Gasteiger partial charge in [-0.05, 0) is 85.5 Å². The van der Waals surface area contributed by atoms with Gasteiger partial charge < -0.3 is 10.6 Å². The van der Waals surface area contributed by atoms with E-state index in [1.807, 2.05) is 0 Å². The molecule has 0 spiro atoms. The number of hydrogen-bond acceptors (Lipinski definition) is 2. The summed E-state index contributed by atoms with van der Waals surface area (Å²) in [7, 11) is 0. The van der Waals surface area contributed by atoms with E-state index >= 15 is 0 Å². The minimum absolute atomic E-state index is 0.645. The molecule has 6 saturated carbocycles. The van der Waals surface area contributed by atoms with E-state index in [2.05, 4.69) is 38.3 Å². The minimum atomic E-state index is 0.645. The second-order valence-corrected chi connectivity index (χ2v) is 10.6. The first kappa shape index (κ1) is 16.4. The van der Waals surface area contributed by atoms with Crippen molar-refractivity contribution in [1.29, 1.82) is 0 Å². The van der Waals surface area contributed by atoms with E-state index in [-0.39, 0.29) is 0 Å². The molecule has 2 N–H and O–H groups in total. The Morgan fingerprint density at radius 1 is 0.696 bits per heavy atom. The second-order valence-electron chi connectivity index (χ2n) is 10.6. The first-order valence-corrected chi connectivity index (χ1v) is 10.3. The number of nitrogens with one attached hydrogen (secondary N) is 2. The van der Waals surface area contributed by atoms with Crippen molar-refractivity contribution in [2.45, 2.75) is 72.3 Å². The molecule has 0 aromatic heterocycles. The van der Waals surface area contributed by atoms with Crippen molar-refractivity contribution >= 4 is 0 Å². The summed E-state index contributed by atoms with van der Waals surface area (Å²) in [5.41, 5.74) is 1.31. The molecular weight excluding hydrogens is 280 g/mol. The molecule has 0 saturated heterocycles. The zero-order valence-electron chi connectivity index (χ0n) is 15.8. The van der Waals surface area contributed by atoms with Crippen LogP contribution in [0.3, 0.4) is 0 Å². The van der Waals surface area contributed by atoms with Crippen LogP contribution in [0.2, 0.25) is 0 Å². The Kier molecular flexibility index (Phi) is 4.08. The topological polar surface area (TPSA) is 24.1 Å². The third-order valence-electron chi connectivity index (χ3n) is 8.89. The van der Waals surface area contributed by atoms with Gasteiger partial charge in [0.2, 0.25) is 0 Å². The molecule has 6 atom stereocenters. The first-order chi connectivity index (χ1) is 10.9. The average molecular weight is 319 g/mol. The van der Waals surface area contributed by atoms with E-state index < -0.39 is 0 Å². The largest absolute Gasteiger partial charge is 0.315 e. The second kappa shape index (κ2) is 5.73. The lowest BCUT2D eigenvalue weighted by Gasteiger charge is -2.59. The molecule has 6 rings (SSSR count). The van der Waals surface area contributed by atoms with Gasteiger partial charge >= 0.3 is 0 Å². The Labute approximate surface area is 143 Å². The Morgan fingerprint density at radius 2 is 1.22 bits per heavy atom. The molecule has 4 bridgehead atoms. The van der Waals surface area contributed by atoms with Crippen LogP contribution in [0.25, 0.3) is 0 Å². The molecule has 0 heterocycles. The van der Waals surface area contributed by atoms with Gasteiger partial charge in [-0.25, -0.2) is 0 Å². The SMILES string of the molecule is CC1(C)[C@@H]2CC(CNCCNC3C[C@@H]4C[C@H](C3)C4(C)C)C[C@H]1C2. The van der Waals surface area contributed by atoms with E-state index in [4.69, 9.17) is 0 Å². The van der Waals surface area contributed by atoms with Gasteiger partial charge in [0.25, 0.3) is 0 Å². The summed E-state index contributed by atoms with van der Waals surface area (Å²) in [6, 6.07) is 0.802. The summed E-state index contributed by atoms with van der Waals surface area (Å²) in [6.07, 6.45) is 8.82. The Morgan fingerprint density at radius 3 is 1.74 bits per heavy atom. The number of hydrogen-bond donors (Lipinski definition) is 2. The maximum absolute atomic E-state index is 3.83. The maximum Gasteiger partial charge on any atom is 0.00793 e. The highest BCUT2D eigenvalue weighted by atomic mass is 15.0. The molecule has 0 aromatic rings. The van der Waals surface area contributed by atoms with Gasteiger partial charge in [-0.15, -0.1) is 0 Å². The fraction of sp³-hybridized carbons (Fsp3) is 1.00. The zero-order valence-corrected chi connectivity index (χ0v) is 15.8. The average Bonchev–Trinajstić information content (AvgIpc) is 2.54. The van der Waals surface area contributed by atoms with Gasteiger partial charge in [0, 0.05) is 19.1 Å². The van der Waals surface area contributed by atoms with Crippen LogP contribution >= 0.6 is 0 Å². The lowest BCUT2D eigenvalue weighted by atomic mass is 9.47. The van der Waals surface area contributed by atoms with E-state index in [0.717, 1.165) is 48.7 Å². The van der Waals surface area contributed by atoms with E-state index in [9.17, 15) is 0 Å². The molecule has 2 unspecified atom stereocenters. The fourth-order valence-corrected chi connectivity index (χ4v) is 6.54. The minimum Gasteiger partial charge on any atom is -0.315 e. The van der Waals surface area contributed by atoms with Crippen LogP contribution < -0.4 is 10.6 Å². The summed E-state index contributed by atoms with van der Waals surface area (Å²) in [6.45, 7) is 13.5. The highest BCUT2D eigenvalue weighted by molar-refractivity contribution is 5.04. The van der Waals surface area contributed by atoms with E-state index in [1.165, 1.54) is 45.1 Å². The summed E-state index contributed by atoms with van der Waals surface area (Å²) < 4.78 is 0. The highest BCUT2D eigenvalue weighted by Crippen LogP contribution is 2.60. The smallest absolute Gasteiger partial charge is 0.00793 e. The van der Waals surface area contributed by atoms with Gasteiger partial charge in [0.15, 0.2) is 0 Å². The van der Waals surface area contributed by atoms with E-state index in [1.54, 1.807) is 0 Å². The van der Waals surface area contributed by atoms with Crippen molar-refractivity contribution in [3.8, 4) is 0 Å². The molecule has 2 heteroatoms. The molecule has 132 valence electrons. The molecule has 6 fully saturated rings. The maximum atomic E-state index is 3.83. The van der Waals surface area contributed by atoms with Crippen LogP contribution in [-0.4, -0.2) is 25.7 Å². The van der Waals surface area contributed by atoms with Crippen LogP contribution in [-0.2, 0) is 0 Å². The molecule has 23 heavy (non-hydrogen) atoms. The molecule has 6 aliphatic carbocycles. The molecule has 0 aromatic carbocycles. The van der Waals surface area contributed by atoms with Crippen LogP contribution in [0.1, 0.15) is 66.2 Å². The predicted octanol–water partition coefficient (Wildman–Crippen LogP) is 4.06. The normalized spacial score (nSPS) is 45.9. The number of fused-ring (bicyclic) bond motifs is 4. The third-order valence-corrected chi connectivity index (χ3v) is 8.89. The molecule has 0 aliphatic heterocycles. The van der Waals surface area contributed by atoms with Crippen molar-refractivity contribution < 1.29 is 0 Å². The fourth-order valence-electron chi connectivity index (χ4n) is 6.54. The quantitative estimate of drug-likeness (QED) is 0.722. The summed E-state index contributed by atoms with van der Waals surface area (Å²) >= 11 is 0. The van der Waals surface area contributed by atoms with Crippen molar-refractivity contribution in [2.75, 3.05) is 19.6 Å². The Balaban J connectivity index is 1.09. The van der Waals surface area contributed by atoms with Gasteiger partial charge in [-0.3, -0.25) is 0 Å². The molecule has 0 radical (unpaired) electrons. The summed E-state index contributed by atoms with van der Waals surface area (Å²) in [5, 5.41) is 7.57. The third kappa shape index (κ3) is 2.78. The Bertz CT molecular complexity index is 373. The van der Waals surface area contributed by atoms with Gasteiger partial charge in [0.1, 0.15) is 0 Å². The number of rotatable bonds is 6. The van der Waals surface area contributed by atoms with Crippen LogP contribution in [0, 0.1) is 40.4 Å². The molecule has 0 amide bonds. The van der Waals surface area contributed by atoms with Crippen molar-refractivity contribution in [2.24, 2.45) is 40.4 Å². The van der Waals surface area contributed by atoms with Gasteiger partial charge in [-0.1, -0.05) is 27.7 Å². The van der Waals surface area contributed by atoms with Gasteiger partial charge in [0.05, 0.1) is 0 Å². The van der Waals surface area contributed by atoms with Crippen molar-refractivity contribution in [3.63, 3.8) is 0 Å².